The van der Waals surface area contributed by atoms with Gasteiger partial charge >= 0.3 is 0 Å². The molecule has 0 aliphatic heterocycles. The molecule has 3 N–H and O–H groups in total. The zero-order valence-electron chi connectivity index (χ0n) is 17.0. The Morgan fingerprint density at radius 2 is 1.81 bits per heavy atom. The molecule has 1 aromatic carbocycles. The van der Waals surface area contributed by atoms with Crippen LogP contribution in [0.5, 0.6) is 0 Å². The van der Waals surface area contributed by atoms with E-state index < -0.39 is 0 Å². The van der Waals surface area contributed by atoms with Gasteiger partial charge in [0.15, 0.2) is 5.96 Å². The highest BCUT2D eigenvalue weighted by Gasteiger charge is 2.07. The molecule has 0 saturated carbocycles. The number of guanidine groups is 1. The highest BCUT2D eigenvalue weighted by molar-refractivity contribution is 14.0. The molecule has 0 bridgehead atoms. The summed E-state index contributed by atoms with van der Waals surface area (Å²) in [5.41, 5.74) is 1.36. The van der Waals surface area contributed by atoms with Crippen molar-refractivity contribution in [1.29, 1.82) is 0 Å². The second-order valence-electron chi connectivity index (χ2n) is 7.14. The van der Waals surface area contributed by atoms with Gasteiger partial charge in [0.25, 0.3) is 0 Å². The Kier molecular flexibility index (Phi) is 13.8. The van der Waals surface area contributed by atoms with E-state index in [0.717, 1.165) is 38.6 Å². The summed E-state index contributed by atoms with van der Waals surface area (Å²) in [5.74, 6) is 0.870. The van der Waals surface area contributed by atoms with Gasteiger partial charge in [-0.2, -0.15) is 0 Å². The summed E-state index contributed by atoms with van der Waals surface area (Å²) in [6, 6.07) is 10.3. The minimum Gasteiger partial charge on any atom is -0.374 e. The maximum Gasteiger partial charge on any atom is 0.191 e. The van der Waals surface area contributed by atoms with Crippen LogP contribution in [0.2, 0.25) is 0 Å². The first-order valence-corrected chi connectivity index (χ1v) is 9.36. The number of ether oxygens (including phenoxy) is 1. The average Bonchev–Trinajstić information content (AvgIpc) is 2.58. The van der Waals surface area contributed by atoms with Gasteiger partial charge in [0.05, 0.1) is 6.10 Å². The van der Waals surface area contributed by atoms with Crippen molar-refractivity contribution in [3.05, 3.63) is 35.9 Å². The molecule has 0 heterocycles. The van der Waals surface area contributed by atoms with E-state index in [9.17, 15) is 0 Å². The summed E-state index contributed by atoms with van der Waals surface area (Å²) in [6.45, 7) is 14.8. The lowest BCUT2D eigenvalue weighted by Gasteiger charge is -2.21. The van der Waals surface area contributed by atoms with Gasteiger partial charge < -0.3 is 20.7 Å². The fourth-order valence-corrected chi connectivity index (χ4v) is 2.30. The lowest BCUT2D eigenvalue weighted by Crippen LogP contribution is -2.44. The Morgan fingerprint density at radius 1 is 1.12 bits per heavy atom. The van der Waals surface area contributed by atoms with E-state index >= 15 is 0 Å². The van der Waals surface area contributed by atoms with E-state index in [0.29, 0.717) is 6.61 Å². The van der Waals surface area contributed by atoms with Crippen LogP contribution in [0.4, 0.5) is 0 Å². The van der Waals surface area contributed by atoms with Gasteiger partial charge in [0, 0.05) is 38.3 Å². The Balaban J connectivity index is 0.00000625. The molecular weight excluding hydrogens is 439 g/mol. The topological polar surface area (TPSA) is 57.7 Å². The van der Waals surface area contributed by atoms with E-state index in [4.69, 9.17) is 4.74 Å². The second-order valence-corrected chi connectivity index (χ2v) is 7.14. The van der Waals surface area contributed by atoms with Gasteiger partial charge in [-0.15, -0.1) is 24.0 Å². The van der Waals surface area contributed by atoms with E-state index in [-0.39, 0.29) is 35.6 Å². The number of nitrogens with one attached hydrogen (secondary N) is 3. The standard InChI is InChI=1S/C20H36N4O.HI/c1-6-21-19(23-14-15-24-20(3,4)5)22-13-10-16-25-17(2)18-11-8-7-9-12-18;/h7-9,11-12,17,24H,6,10,13-16H2,1-5H3,(H2,21,22,23);1H. The molecule has 5 nitrogen and oxygen atoms in total. The van der Waals surface area contributed by atoms with Gasteiger partial charge in [-0.3, -0.25) is 4.99 Å². The zero-order valence-corrected chi connectivity index (χ0v) is 19.3. The monoisotopic (exact) mass is 476 g/mol. The van der Waals surface area contributed by atoms with Crippen LogP contribution in [0.3, 0.4) is 0 Å². The van der Waals surface area contributed by atoms with Crippen molar-refractivity contribution in [2.24, 2.45) is 4.99 Å². The smallest absolute Gasteiger partial charge is 0.191 e. The normalized spacial score (nSPS) is 13.0. The van der Waals surface area contributed by atoms with Gasteiger partial charge in [-0.25, -0.2) is 0 Å². The molecule has 6 heteroatoms. The molecule has 1 aromatic rings. The maximum atomic E-state index is 5.89. The van der Waals surface area contributed by atoms with Crippen molar-refractivity contribution in [3.63, 3.8) is 0 Å². The maximum absolute atomic E-state index is 5.89. The van der Waals surface area contributed by atoms with Crippen LogP contribution in [0.1, 0.15) is 52.7 Å². The Morgan fingerprint density at radius 3 is 2.42 bits per heavy atom. The summed E-state index contributed by atoms with van der Waals surface area (Å²) in [6.07, 6.45) is 1.04. The van der Waals surface area contributed by atoms with Crippen LogP contribution in [0, 0.1) is 0 Å². The zero-order chi connectivity index (χ0) is 18.5. The fourth-order valence-electron chi connectivity index (χ4n) is 2.30. The molecule has 0 spiro atoms. The molecule has 26 heavy (non-hydrogen) atoms. The van der Waals surface area contributed by atoms with Crippen molar-refractivity contribution in [2.45, 2.75) is 52.7 Å². The van der Waals surface area contributed by atoms with Crippen molar-refractivity contribution >= 4 is 29.9 Å². The van der Waals surface area contributed by atoms with Gasteiger partial charge in [0.1, 0.15) is 0 Å². The lowest BCUT2D eigenvalue weighted by atomic mass is 10.1. The van der Waals surface area contributed by atoms with Crippen LogP contribution in [0.25, 0.3) is 0 Å². The highest BCUT2D eigenvalue weighted by atomic mass is 127. The predicted molar refractivity (Wildman–Crippen MR) is 123 cm³/mol. The Bertz CT molecular complexity index is 488. The van der Waals surface area contributed by atoms with Crippen molar-refractivity contribution in [1.82, 2.24) is 16.0 Å². The Hall–Kier alpha value is -0.860. The molecule has 1 rings (SSSR count). The first-order valence-electron chi connectivity index (χ1n) is 9.36. The number of hydrogen-bond acceptors (Lipinski definition) is 3. The first-order chi connectivity index (χ1) is 11.9. The molecule has 0 aliphatic rings. The number of hydrogen-bond donors (Lipinski definition) is 3. The van der Waals surface area contributed by atoms with Crippen LogP contribution < -0.4 is 16.0 Å². The molecule has 0 radical (unpaired) electrons. The van der Waals surface area contributed by atoms with Gasteiger partial charge in [-0.05, 0) is 46.6 Å². The lowest BCUT2D eigenvalue weighted by molar-refractivity contribution is 0.0652. The molecular formula is C20H37IN4O. The number of benzene rings is 1. The Labute approximate surface area is 176 Å². The molecule has 0 fully saturated rings. The summed E-state index contributed by atoms with van der Waals surface area (Å²) in [4.78, 5) is 4.60. The molecule has 0 saturated heterocycles. The number of nitrogens with zero attached hydrogens (tertiary/aromatic N) is 1. The van der Waals surface area contributed by atoms with E-state index in [1.54, 1.807) is 0 Å². The third-order valence-electron chi connectivity index (χ3n) is 3.63. The fraction of sp³-hybridized carbons (Fsp3) is 0.650. The molecule has 1 unspecified atom stereocenters. The molecule has 1 atom stereocenters. The van der Waals surface area contributed by atoms with Crippen LogP contribution in [0.15, 0.2) is 35.3 Å². The molecule has 0 aliphatic carbocycles. The third kappa shape index (κ3) is 12.5. The number of rotatable bonds is 10. The number of halogens is 1. The highest BCUT2D eigenvalue weighted by Crippen LogP contribution is 2.15. The van der Waals surface area contributed by atoms with Crippen molar-refractivity contribution < 1.29 is 4.74 Å². The summed E-state index contributed by atoms with van der Waals surface area (Å²) < 4.78 is 5.89. The minimum absolute atomic E-state index is 0. The van der Waals surface area contributed by atoms with Crippen LogP contribution in [-0.4, -0.2) is 44.3 Å². The predicted octanol–water partition coefficient (Wildman–Crippen LogP) is 3.72. The largest absolute Gasteiger partial charge is 0.374 e. The molecule has 0 amide bonds. The summed E-state index contributed by atoms with van der Waals surface area (Å²) >= 11 is 0. The van der Waals surface area contributed by atoms with Crippen LogP contribution in [-0.2, 0) is 4.74 Å². The number of aliphatic imine (C=N–C) groups is 1. The molecule has 0 aromatic heterocycles. The average molecular weight is 476 g/mol. The van der Waals surface area contributed by atoms with Crippen molar-refractivity contribution in [2.75, 3.05) is 32.8 Å². The first kappa shape index (κ1) is 25.1. The van der Waals surface area contributed by atoms with Gasteiger partial charge in [0.2, 0.25) is 0 Å². The third-order valence-corrected chi connectivity index (χ3v) is 3.63. The van der Waals surface area contributed by atoms with E-state index in [2.05, 4.69) is 67.7 Å². The summed E-state index contributed by atoms with van der Waals surface area (Å²) in [5, 5.41) is 10.1. The van der Waals surface area contributed by atoms with Crippen molar-refractivity contribution in [3.8, 4) is 0 Å². The van der Waals surface area contributed by atoms with Gasteiger partial charge in [-0.1, -0.05) is 30.3 Å². The molecule has 150 valence electrons. The van der Waals surface area contributed by atoms with E-state index in [1.165, 1.54) is 5.56 Å². The van der Waals surface area contributed by atoms with Crippen LogP contribution >= 0.6 is 24.0 Å². The minimum atomic E-state index is 0. The summed E-state index contributed by atoms with van der Waals surface area (Å²) in [7, 11) is 0. The second kappa shape index (κ2) is 14.2. The van der Waals surface area contributed by atoms with E-state index in [1.807, 2.05) is 18.2 Å². The quantitative estimate of drug-likeness (QED) is 0.209. The SMILES string of the molecule is CCNC(=NCCCOC(C)c1ccccc1)NCCNC(C)(C)C.I.